The number of nitrogen functional groups attached to an aromatic ring is 1. The third-order valence-corrected chi connectivity index (χ3v) is 3.64. The normalized spacial score (nSPS) is 9.19. The van der Waals surface area contributed by atoms with E-state index in [1.807, 2.05) is 13.0 Å². The number of thiazole rings is 1. The molecule has 2 rings (SSSR count). The molecule has 0 aliphatic rings. The molecule has 0 radical (unpaired) electrons. The average Bonchev–Trinajstić information content (AvgIpc) is 2.94. The average molecular weight is 365 g/mol. The molecule has 1 heterocycles. The number of nitrogens with zero attached hydrogens (tertiary/aromatic N) is 2. The fraction of sp³-hybridized carbons (Fsp3) is 0.143. The van der Waals surface area contributed by atoms with Gasteiger partial charge in [-0.1, -0.05) is 28.1 Å². The SMILES string of the molecule is Cc1nc(C(=N)N)cs1.N#Cc1ccc(C(=O)CBr)cc1. The van der Waals surface area contributed by atoms with Gasteiger partial charge < -0.3 is 5.73 Å². The number of hydrogen-bond acceptors (Lipinski definition) is 5. The van der Waals surface area contributed by atoms with Gasteiger partial charge in [0.2, 0.25) is 0 Å². The molecule has 7 heteroatoms. The van der Waals surface area contributed by atoms with Crippen LogP contribution in [-0.2, 0) is 0 Å². The minimum absolute atomic E-state index is 0.0273. The van der Waals surface area contributed by atoms with E-state index in [0.29, 0.717) is 22.2 Å². The van der Waals surface area contributed by atoms with E-state index in [2.05, 4.69) is 20.9 Å². The number of carbonyl (C=O) groups is 1. The zero-order valence-electron chi connectivity index (χ0n) is 11.3. The van der Waals surface area contributed by atoms with Crippen LogP contribution in [0, 0.1) is 23.7 Å². The summed E-state index contributed by atoms with van der Waals surface area (Å²) in [5.74, 6) is 0.0684. The second-order valence-corrected chi connectivity index (χ2v) is 5.53. The molecule has 0 amide bonds. The number of nitrogens with one attached hydrogen (secondary N) is 1. The molecule has 0 spiro atoms. The van der Waals surface area contributed by atoms with Crippen LogP contribution in [-0.4, -0.2) is 21.9 Å². The Hall–Kier alpha value is -2.04. The summed E-state index contributed by atoms with van der Waals surface area (Å²) in [5.41, 5.74) is 6.94. The third kappa shape index (κ3) is 5.45. The Labute approximate surface area is 135 Å². The van der Waals surface area contributed by atoms with E-state index in [1.54, 1.807) is 29.6 Å². The molecule has 0 unspecified atom stereocenters. The van der Waals surface area contributed by atoms with Gasteiger partial charge in [-0.2, -0.15) is 5.26 Å². The smallest absolute Gasteiger partial charge is 0.173 e. The molecule has 2 aromatic rings. The van der Waals surface area contributed by atoms with Gasteiger partial charge in [0.05, 0.1) is 22.0 Å². The van der Waals surface area contributed by atoms with Crippen molar-refractivity contribution in [2.24, 2.45) is 5.73 Å². The van der Waals surface area contributed by atoms with Gasteiger partial charge >= 0.3 is 0 Å². The number of rotatable bonds is 3. The van der Waals surface area contributed by atoms with E-state index in [0.717, 1.165) is 5.01 Å². The van der Waals surface area contributed by atoms with Crippen LogP contribution < -0.4 is 5.73 Å². The topological polar surface area (TPSA) is 104 Å². The van der Waals surface area contributed by atoms with Gasteiger partial charge in [0.1, 0.15) is 11.5 Å². The predicted octanol–water partition coefficient (Wildman–Crippen LogP) is 2.87. The van der Waals surface area contributed by atoms with Crippen molar-refractivity contribution in [2.45, 2.75) is 6.92 Å². The van der Waals surface area contributed by atoms with Crippen LogP contribution in [0.4, 0.5) is 0 Å². The van der Waals surface area contributed by atoms with Gasteiger partial charge in [-0.05, 0) is 19.1 Å². The van der Waals surface area contributed by atoms with E-state index in [4.69, 9.17) is 16.4 Å². The monoisotopic (exact) mass is 364 g/mol. The van der Waals surface area contributed by atoms with Crippen molar-refractivity contribution >= 4 is 38.9 Å². The van der Waals surface area contributed by atoms with Crippen molar-refractivity contribution in [1.29, 1.82) is 10.7 Å². The predicted molar refractivity (Wildman–Crippen MR) is 87.1 cm³/mol. The van der Waals surface area contributed by atoms with E-state index in [9.17, 15) is 4.79 Å². The van der Waals surface area contributed by atoms with Gasteiger partial charge in [0.15, 0.2) is 5.78 Å². The molecular formula is C14H13BrN4OS. The number of carbonyl (C=O) groups excluding carboxylic acids is 1. The lowest BCUT2D eigenvalue weighted by Crippen LogP contribution is -2.11. The number of ketones is 1. The first-order chi connectivity index (χ1) is 9.97. The first kappa shape index (κ1) is 17.0. The number of aryl methyl sites for hydroxylation is 1. The summed E-state index contributed by atoms with van der Waals surface area (Å²) in [7, 11) is 0. The minimum Gasteiger partial charge on any atom is -0.382 e. The summed E-state index contributed by atoms with van der Waals surface area (Å²) < 4.78 is 0. The lowest BCUT2D eigenvalue weighted by molar-refractivity contribution is 0.102. The fourth-order valence-electron chi connectivity index (χ4n) is 1.29. The van der Waals surface area contributed by atoms with Crippen molar-refractivity contribution in [3.63, 3.8) is 0 Å². The highest BCUT2D eigenvalue weighted by atomic mass is 79.9. The fourth-order valence-corrected chi connectivity index (χ4v) is 2.23. The van der Waals surface area contributed by atoms with Crippen LogP contribution in [0.3, 0.4) is 0 Å². The Morgan fingerprint density at radius 3 is 2.43 bits per heavy atom. The molecule has 0 atom stereocenters. The van der Waals surface area contributed by atoms with Crippen LogP contribution in [0.25, 0.3) is 0 Å². The summed E-state index contributed by atoms with van der Waals surface area (Å²) >= 11 is 4.57. The molecule has 0 fully saturated rings. The second kappa shape index (κ2) is 8.29. The van der Waals surface area contributed by atoms with Gasteiger partial charge in [0.25, 0.3) is 0 Å². The van der Waals surface area contributed by atoms with E-state index < -0.39 is 0 Å². The molecule has 0 bridgehead atoms. The Kier molecular flexibility index (Phi) is 6.72. The number of hydrogen-bond donors (Lipinski definition) is 2. The van der Waals surface area contributed by atoms with E-state index in [-0.39, 0.29) is 11.6 Å². The molecule has 1 aromatic carbocycles. The van der Waals surface area contributed by atoms with Crippen molar-refractivity contribution in [3.05, 3.63) is 51.5 Å². The molecule has 0 saturated carbocycles. The van der Waals surface area contributed by atoms with Gasteiger partial charge in [0, 0.05) is 10.9 Å². The van der Waals surface area contributed by atoms with Crippen molar-refractivity contribution < 1.29 is 4.79 Å². The highest BCUT2D eigenvalue weighted by Gasteiger charge is 2.02. The molecule has 1 aromatic heterocycles. The molecule has 3 N–H and O–H groups in total. The Morgan fingerprint density at radius 2 is 2.10 bits per heavy atom. The van der Waals surface area contributed by atoms with Crippen LogP contribution in [0.5, 0.6) is 0 Å². The zero-order chi connectivity index (χ0) is 15.8. The number of nitrogens with two attached hydrogens (primary N) is 1. The molecule has 0 aliphatic carbocycles. The number of nitriles is 1. The van der Waals surface area contributed by atoms with Gasteiger partial charge in [-0.25, -0.2) is 4.98 Å². The highest BCUT2D eigenvalue weighted by molar-refractivity contribution is 9.09. The quantitative estimate of drug-likeness (QED) is 0.378. The molecule has 5 nitrogen and oxygen atoms in total. The maximum atomic E-state index is 11.1. The van der Waals surface area contributed by atoms with Crippen molar-refractivity contribution in [3.8, 4) is 6.07 Å². The standard InChI is InChI=1S/C9H6BrNO.C5H7N3S/c10-5-9(12)8-3-1-7(6-11)2-4-8;1-3-8-4(2-9-3)5(6)7/h1-4H,5H2;2H,1H3,(H3,6,7). The Bertz CT molecular complexity index is 673. The number of alkyl halides is 1. The number of aromatic nitrogens is 1. The second-order valence-electron chi connectivity index (χ2n) is 3.91. The molecule has 108 valence electrons. The molecular weight excluding hydrogens is 352 g/mol. The van der Waals surface area contributed by atoms with Crippen molar-refractivity contribution in [2.75, 3.05) is 5.33 Å². The lowest BCUT2D eigenvalue weighted by Gasteiger charge is -1.95. The van der Waals surface area contributed by atoms with Crippen LogP contribution in [0.15, 0.2) is 29.6 Å². The largest absolute Gasteiger partial charge is 0.382 e. The van der Waals surface area contributed by atoms with Crippen LogP contribution in [0.1, 0.15) is 26.6 Å². The number of amidine groups is 1. The van der Waals surface area contributed by atoms with E-state index >= 15 is 0 Å². The summed E-state index contributed by atoms with van der Waals surface area (Å²) in [6.07, 6.45) is 0. The molecule has 21 heavy (non-hydrogen) atoms. The Balaban J connectivity index is 0.000000219. The van der Waals surface area contributed by atoms with Crippen molar-refractivity contribution in [1.82, 2.24) is 4.98 Å². The maximum Gasteiger partial charge on any atom is 0.173 e. The number of Topliss-reactive ketones (excluding diaryl/α,β-unsaturated/α-hetero) is 1. The van der Waals surface area contributed by atoms with Gasteiger partial charge in [-0.15, -0.1) is 11.3 Å². The van der Waals surface area contributed by atoms with Gasteiger partial charge in [-0.3, -0.25) is 10.2 Å². The van der Waals surface area contributed by atoms with Crippen LogP contribution in [0.2, 0.25) is 0 Å². The third-order valence-electron chi connectivity index (χ3n) is 2.35. The first-order valence-electron chi connectivity index (χ1n) is 5.83. The van der Waals surface area contributed by atoms with Crippen LogP contribution >= 0.6 is 27.3 Å². The summed E-state index contributed by atoms with van der Waals surface area (Å²) in [6.45, 7) is 1.89. The molecule has 0 aliphatic heterocycles. The maximum absolute atomic E-state index is 11.1. The lowest BCUT2D eigenvalue weighted by atomic mass is 10.1. The molecule has 0 saturated heterocycles. The summed E-state index contributed by atoms with van der Waals surface area (Å²) in [6, 6.07) is 8.57. The zero-order valence-corrected chi connectivity index (χ0v) is 13.7. The Morgan fingerprint density at radius 1 is 1.48 bits per heavy atom. The summed E-state index contributed by atoms with van der Waals surface area (Å²) in [5, 5.41) is 18.5. The first-order valence-corrected chi connectivity index (χ1v) is 7.84. The summed E-state index contributed by atoms with van der Waals surface area (Å²) in [4.78, 5) is 15.1. The number of benzene rings is 1. The minimum atomic E-state index is 0.0273. The highest BCUT2D eigenvalue weighted by Crippen LogP contribution is 2.06. The van der Waals surface area contributed by atoms with E-state index in [1.165, 1.54) is 11.3 Å². The number of halogens is 1.